The van der Waals surface area contributed by atoms with Gasteiger partial charge in [0.05, 0.1) is 0 Å². The molecule has 1 aromatic rings. The summed E-state index contributed by atoms with van der Waals surface area (Å²) in [5.41, 5.74) is 1.37. The van der Waals surface area contributed by atoms with E-state index in [0.717, 1.165) is 5.56 Å². The van der Waals surface area contributed by atoms with Crippen LogP contribution in [0.1, 0.15) is 18.9 Å². The summed E-state index contributed by atoms with van der Waals surface area (Å²) in [4.78, 5) is 10.7. The highest BCUT2D eigenvalue weighted by Gasteiger charge is 2.02. The van der Waals surface area contributed by atoms with E-state index in [4.69, 9.17) is 5.11 Å². The molecule has 0 aliphatic heterocycles. The van der Waals surface area contributed by atoms with Crippen molar-refractivity contribution in [2.75, 3.05) is 0 Å². The molecule has 2 nitrogen and oxygen atoms in total. The Morgan fingerprint density at radius 3 is 2.46 bits per heavy atom. The van der Waals surface area contributed by atoms with Crippen LogP contribution in [0.5, 0.6) is 0 Å². The molecule has 0 saturated carbocycles. The van der Waals surface area contributed by atoms with Gasteiger partial charge in [0, 0.05) is 5.57 Å². The average molecular weight is 176 g/mol. The fourth-order valence-corrected chi connectivity index (χ4v) is 1.07. The largest absolute Gasteiger partial charge is 0.478 e. The van der Waals surface area contributed by atoms with Crippen molar-refractivity contribution in [3.63, 3.8) is 0 Å². The van der Waals surface area contributed by atoms with Crippen LogP contribution in [0, 0.1) is 0 Å². The van der Waals surface area contributed by atoms with Crippen LogP contribution in [0.3, 0.4) is 0 Å². The van der Waals surface area contributed by atoms with E-state index in [1.807, 2.05) is 37.3 Å². The molecule has 0 aliphatic rings. The lowest BCUT2D eigenvalue weighted by atomic mass is 10.1. The third kappa shape index (κ3) is 2.75. The number of carbonyl (C=O) groups is 1. The molecule has 0 amide bonds. The Balaban J connectivity index is 2.92. The van der Waals surface area contributed by atoms with Gasteiger partial charge in [0.1, 0.15) is 0 Å². The first-order valence-electron chi connectivity index (χ1n) is 4.23. The number of rotatable bonds is 3. The molecule has 0 saturated heterocycles. The predicted octanol–water partition coefficient (Wildman–Crippen LogP) is 2.56. The fourth-order valence-electron chi connectivity index (χ4n) is 1.07. The number of aliphatic carboxylic acids is 1. The molecule has 2 heteroatoms. The number of carboxylic acid groups (broad SMARTS) is 1. The second-order valence-electron chi connectivity index (χ2n) is 2.74. The van der Waals surface area contributed by atoms with Crippen molar-refractivity contribution in [3.8, 4) is 0 Å². The molecule has 1 N–H and O–H groups in total. The zero-order chi connectivity index (χ0) is 9.68. The molecule has 0 fully saturated rings. The maximum absolute atomic E-state index is 10.7. The topological polar surface area (TPSA) is 37.3 Å². The Kier molecular flexibility index (Phi) is 3.26. The molecule has 0 aliphatic carbocycles. The predicted molar refractivity (Wildman–Crippen MR) is 52.3 cm³/mol. The van der Waals surface area contributed by atoms with E-state index in [0.29, 0.717) is 12.0 Å². The van der Waals surface area contributed by atoms with Crippen molar-refractivity contribution in [2.24, 2.45) is 0 Å². The number of carboxylic acids is 1. The van der Waals surface area contributed by atoms with E-state index in [9.17, 15) is 4.79 Å². The summed E-state index contributed by atoms with van der Waals surface area (Å²) < 4.78 is 0. The first kappa shape index (κ1) is 9.52. The van der Waals surface area contributed by atoms with Gasteiger partial charge in [-0.2, -0.15) is 0 Å². The number of hydrogen-bond donors (Lipinski definition) is 1. The molecule has 0 heterocycles. The summed E-state index contributed by atoms with van der Waals surface area (Å²) in [6, 6.07) is 9.46. The van der Waals surface area contributed by atoms with E-state index in [-0.39, 0.29) is 0 Å². The number of hydrogen-bond acceptors (Lipinski definition) is 1. The van der Waals surface area contributed by atoms with Gasteiger partial charge in [0.2, 0.25) is 0 Å². The summed E-state index contributed by atoms with van der Waals surface area (Å²) in [6.07, 6.45) is 2.24. The highest BCUT2D eigenvalue weighted by molar-refractivity contribution is 5.91. The summed E-state index contributed by atoms with van der Waals surface area (Å²) >= 11 is 0. The minimum Gasteiger partial charge on any atom is -0.478 e. The van der Waals surface area contributed by atoms with Crippen molar-refractivity contribution in [3.05, 3.63) is 41.5 Å². The molecule has 1 rings (SSSR count). The first-order chi connectivity index (χ1) is 6.24. The van der Waals surface area contributed by atoms with Crippen LogP contribution in [0.15, 0.2) is 35.9 Å². The summed E-state index contributed by atoms with van der Waals surface area (Å²) in [5, 5.41) is 8.77. The Morgan fingerprint density at radius 2 is 2.00 bits per heavy atom. The van der Waals surface area contributed by atoms with E-state index in [2.05, 4.69) is 0 Å². The van der Waals surface area contributed by atoms with E-state index >= 15 is 0 Å². The van der Waals surface area contributed by atoms with E-state index in [1.54, 1.807) is 6.08 Å². The van der Waals surface area contributed by atoms with Crippen molar-refractivity contribution < 1.29 is 9.90 Å². The van der Waals surface area contributed by atoms with Crippen LogP contribution in [0.4, 0.5) is 0 Å². The van der Waals surface area contributed by atoms with Gasteiger partial charge < -0.3 is 5.11 Å². The summed E-state index contributed by atoms with van der Waals surface area (Å²) in [6.45, 7) is 1.84. The van der Waals surface area contributed by atoms with Gasteiger partial charge in [-0.1, -0.05) is 37.3 Å². The van der Waals surface area contributed by atoms with Crippen LogP contribution < -0.4 is 0 Å². The van der Waals surface area contributed by atoms with Crippen LogP contribution in [-0.2, 0) is 4.79 Å². The Morgan fingerprint density at radius 1 is 1.38 bits per heavy atom. The molecule has 1 aromatic carbocycles. The molecule has 0 spiro atoms. The van der Waals surface area contributed by atoms with Gasteiger partial charge in [0.15, 0.2) is 0 Å². The van der Waals surface area contributed by atoms with Gasteiger partial charge >= 0.3 is 5.97 Å². The van der Waals surface area contributed by atoms with Crippen LogP contribution >= 0.6 is 0 Å². The van der Waals surface area contributed by atoms with Crippen molar-refractivity contribution in [1.29, 1.82) is 0 Å². The highest BCUT2D eigenvalue weighted by atomic mass is 16.4. The average Bonchev–Trinajstić information content (AvgIpc) is 2.15. The Labute approximate surface area is 77.5 Å². The lowest BCUT2D eigenvalue weighted by Crippen LogP contribution is -1.98. The van der Waals surface area contributed by atoms with Crippen molar-refractivity contribution in [2.45, 2.75) is 13.3 Å². The molecule has 0 bridgehead atoms. The maximum Gasteiger partial charge on any atom is 0.331 e. The highest BCUT2D eigenvalue weighted by Crippen LogP contribution is 2.09. The van der Waals surface area contributed by atoms with Crippen molar-refractivity contribution >= 4 is 12.0 Å². The molecule has 0 atom stereocenters. The second kappa shape index (κ2) is 4.45. The minimum absolute atomic E-state index is 0.436. The molecule has 13 heavy (non-hydrogen) atoms. The lowest BCUT2D eigenvalue weighted by molar-refractivity contribution is -0.132. The van der Waals surface area contributed by atoms with Gasteiger partial charge in [0.25, 0.3) is 0 Å². The molecule has 0 unspecified atom stereocenters. The van der Waals surface area contributed by atoms with E-state index < -0.39 is 5.97 Å². The first-order valence-corrected chi connectivity index (χ1v) is 4.23. The standard InChI is InChI=1S/C11H12O2/c1-2-10(11(12)13)8-9-6-4-3-5-7-9/h3-8H,2H2,1H3,(H,12,13)/b10-8-. The van der Waals surface area contributed by atoms with Gasteiger partial charge in [-0.25, -0.2) is 4.79 Å². The summed E-state index contributed by atoms with van der Waals surface area (Å²) in [5.74, 6) is -0.841. The van der Waals surface area contributed by atoms with Crippen molar-refractivity contribution in [1.82, 2.24) is 0 Å². The quantitative estimate of drug-likeness (QED) is 0.718. The molecular weight excluding hydrogens is 164 g/mol. The minimum atomic E-state index is -0.841. The lowest BCUT2D eigenvalue weighted by Gasteiger charge is -1.97. The third-order valence-corrected chi connectivity index (χ3v) is 1.80. The zero-order valence-electron chi connectivity index (χ0n) is 7.53. The molecule has 0 radical (unpaired) electrons. The third-order valence-electron chi connectivity index (χ3n) is 1.80. The fraction of sp³-hybridized carbons (Fsp3) is 0.182. The normalized spacial score (nSPS) is 11.3. The second-order valence-corrected chi connectivity index (χ2v) is 2.74. The zero-order valence-corrected chi connectivity index (χ0v) is 7.53. The van der Waals surface area contributed by atoms with Crippen LogP contribution in [0.25, 0.3) is 6.08 Å². The molecular formula is C11H12O2. The maximum atomic E-state index is 10.7. The Bertz CT molecular complexity index is 312. The molecule has 0 aromatic heterocycles. The summed E-state index contributed by atoms with van der Waals surface area (Å²) in [7, 11) is 0. The van der Waals surface area contributed by atoms with E-state index in [1.165, 1.54) is 0 Å². The van der Waals surface area contributed by atoms with Crippen LogP contribution in [0.2, 0.25) is 0 Å². The smallest absolute Gasteiger partial charge is 0.331 e. The van der Waals surface area contributed by atoms with Gasteiger partial charge in [-0.3, -0.25) is 0 Å². The van der Waals surface area contributed by atoms with Crippen LogP contribution in [-0.4, -0.2) is 11.1 Å². The van der Waals surface area contributed by atoms with Gasteiger partial charge in [-0.15, -0.1) is 0 Å². The SMILES string of the molecule is CC/C(=C/c1ccccc1)C(=O)O. The van der Waals surface area contributed by atoms with Gasteiger partial charge in [-0.05, 0) is 18.1 Å². The number of benzene rings is 1. The molecule has 68 valence electrons. The monoisotopic (exact) mass is 176 g/mol. The Hall–Kier alpha value is -1.57.